The first-order valence-corrected chi connectivity index (χ1v) is 11.4. The maximum absolute atomic E-state index is 10.8. The first-order valence-electron chi connectivity index (χ1n) is 11.4. The smallest absolute Gasteiger partial charge is 0.123 e. The zero-order valence-electron chi connectivity index (χ0n) is 18.0. The third-order valence-electron chi connectivity index (χ3n) is 8.35. The van der Waals surface area contributed by atoms with E-state index in [1.165, 1.54) is 36.8 Å². The van der Waals surface area contributed by atoms with Crippen molar-refractivity contribution in [2.45, 2.75) is 64.0 Å². The van der Waals surface area contributed by atoms with Gasteiger partial charge in [0.1, 0.15) is 17.2 Å². The van der Waals surface area contributed by atoms with E-state index in [0.717, 1.165) is 30.7 Å². The van der Waals surface area contributed by atoms with Crippen molar-refractivity contribution < 1.29 is 14.9 Å². The van der Waals surface area contributed by atoms with Crippen LogP contribution in [0.2, 0.25) is 0 Å². The fourth-order valence-electron chi connectivity index (χ4n) is 6.92. The van der Waals surface area contributed by atoms with Crippen LogP contribution >= 0.6 is 0 Å². The van der Waals surface area contributed by atoms with Crippen molar-refractivity contribution in [3.63, 3.8) is 0 Å². The van der Waals surface area contributed by atoms with E-state index in [1.807, 2.05) is 18.2 Å². The van der Waals surface area contributed by atoms with Crippen LogP contribution in [0, 0.1) is 17.3 Å². The molecule has 4 nitrogen and oxygen atoms in total. The number of benzene rings is 2. The lowest BCUT2D eigenvalue weighted by molar-refractivity contribution is 0.0588. The van der Waals surface area contributed by atoms with Crippen LogP contribution in [0.25, 0.3) is 0 Å². The normalized spacial score (nSPS) is 32.2. The minimum atomic E-state index is 0.372. The van der Waals surface area contributed by atoms with Crippen molar-refractivity contribution in [3.8, 4) is 17.2 Å². The van der Waals surface area contributed by atoms with Crippen LogP contribution in [-0.4, -0.2) is 23.4 Å². The van der Waals surface area contributed by atoms with Crippen LogP contribution in [0.4, 0.5) is 0 Å². The monoisotopic (exact) mass is 407 g/mol. The summed E-state index contributed by atoms with van der Waals surface area (Å²) in [5.74, 6) is 3.37. The number of para-hydroxylation sites is 1. The van der Waals surface area contributed by atoms with Gasteiger partial charge in [0.2, 0.25) is 0 Å². The van der Waals surface area contributed by atoms with E-state index >= 15 is 0 Å². The molecule has 0 aliphatic heterocycles. The highest BCUT2D eigenvalue weighted by atomic mass is 16.5. The Hall–Kier alpha value is -2.20. The summed E-state index contributed by atoms with van der Waals surface area (Å²) >= 11 is 0. The Bertz CT molecular complexity index is 942. The van der Waals surface area contributed by atoms with Gasteiger partial charge in [0.25, 0.3) is 0 Å². The van der Waals surface area contributed by atoms with Gasteiger partial charge in [-0.15, -0.1) is 0 Å². The van der Waals surface area contributed by atoms with Crippen LogP contribution < -0.4 is 10.1 Å². The summed E-state index contributed by atoms with van der Waals surface area (Å²) in [5.41, 5.74) is 3.82. The molecule has 2 aromatic carbocycles. The summed E-state index contributed by atoms with van der Waals surface area (Å²) in [6.45, 7) is 3.20. The number of phenols is 2. The van der Waals surface area contributed by atoms with Gasteiger partial charge in [0.05, 0.1) is 7.11 Å². The molecule has 0 saturated heterocycles. The van der Waals surface area contributed by atoms with Crippen LogP contribution in [0.15, 0.2) is 36.4 Å². The average Bonchev–Trinajstić information content (AvgIpc) is 3.09. The van der Waals surface area contributed by atoms with Crippen molar-refractivity contribution in [3.05, 3.63) is 53.1 Å². The Morgan fingerprint density at radius 1 is 1.13 bits per heavy atom. The van der Waals surface area contributed by atoms with Crippen LogP contribution in [0.1, 0.15) is 61.6 Å². The minimum Gasteiger partial charge on any atom is -0.508 e. The molecule has 0 bridgehead atoms. The number of aryl methyl sites for hydroxylation is 1. The Morgan fingerprint density at radius 3 is 2.77 bits per heavy atom. The largest absolute Gasteiger partial charge is 0.508 e. The molecule has 160 valence electrons. The predicted molar refractivity (Wildman–Crippen MR) is 118 cm³/mol. The third-order valence-corrected chi connectivity index (χ3v) is 8.35. The molecule has 0 radical (unpaired) electrons. The second-order valence-corrected chi connectivity index (χ2v) is 9.97. The standard InChI is InChI=1S/C26H33NO3/c1-26-10-9-21-20(8-7-16-11-19(30-2)13-24(29)25(16)21)22(26)12-18(14-26)27-15-17-5-3-4-6-23(17)28/h3-6,11,13,18,20-22,27-29H,7-10,12,14-15H2,1-2H3/t18-,20-,21+,22+,26-/m1/s1. The molecule has 4 heteroatoms. The fraction of sp³-hybridized carbons (Fsp3) is 0.538. The van der Waals surface area contributed by atoms with E-state index in [0.29, 0.717) is 40.7 Å². The van der Waals surface area contributed by atoms with Gasteiger partial charge < -0.3 is 20.3 Å². The lowest BCUT2D eigenvalue weighted by atomic mass is 9.56. The molecule has 3 aliphatic carbocycles. The molecule has 3 aliphatic rings. The zero-order chi connectivity index (χ0) is 20.9. The van der Waals surface area contributed by atoms with Gasteiger partial charge in [-0.3, -0.25) is 0 Å². The summed E-state index contributed by atoms with van der Waals surface area (Å²) in [6, 6.07) is 12.0. The van der Waals surface area contributed by atoms with E-state index in [9.17, 15) is 10.2 Å². The molecular formula is C26H33NO3. The number of phenolic OH excluding ortho intramolecular Hbond substituents is 2. The zero-order valence-corrected chi connectivity index (χ0v) is 18.0. The van der Waals surface area contributed by atoms with Crippen molar-refractivity contribution in [2.24, 2.45) is 17.3 Å². The Balaban J connectivity index is 1.34. The Labute approximate surface area is 179 Å². The van der Waals surface area contributed by atoms with Gasteiger partial charge >= 0.3 is 0 Å². The number of ether oxygens (including phenoxy) is 1. The first kappa shape index (κ1) is 19.7. The van der Waals surface area contributed by atoms with E-state index in [2.05, 4.69) is 18.3 Å². The summed E-state index contributed by atoms with van der Waals surface area (Å²) < 4.78 is 5.38. The van der Waals surface area contributed by atoms with Gasteiger partial charge in [-0.1, -0.05) is 25.1 Å². The number of fused-ring (bicyclic) bond motifs is 5. The van der Waals surface area contributed by atoms with E-state index in [1.54, 1.807) is 19.2 Å². The molecule has 0 spiro atoms. The number of hydrogen-bond acceptors (Lipinski definition) is 4. The third kappa shape index (κ3) is 3.26. The maximum Gasteiger partial charge on any atom is 0.123 e. The summed E-state index contributed by atoms with van der Waals surface area (Å²) in [7, 11) is 1.67. The Morgan fingerprint density at radius 2 is 1.97 bits per heavy atom. The summed E-state index contributed by atoms with van der Waals surface area (Å²) in [4.78, 5) is 0. The topological polar surface area (TPSA) is 61.7 Å². The molecular weight excluding hydrogens is 374 g/mol. The van der Waals surface area contributed by atoms with Crippen LogP contribution in [0.3, 0.4) is 0 Å². The van der Waals surface area contributed by atoms with Crippen LogP contribution in [-0.2, 0) is 13.0 Å². The maximum atomic E-state index is 10.8. The molecule has 5 rings (SSSR count). The molecule has 2 fully saturated rings. The number of aromatic hydroxyl groups is 2. The quantitative estimate of drug-likeness (QED) is 0.658. The van der Waals surface area contributed by atoms with E-state index < -0.39 is 0 Å². The van der Waals surface area contributed by atoms with Crippen molar-refractivity contribution in [1.29, 1.82) is 0 Å². The van der Waals surface area contributed by atoms with Gasteiger partial charge in [0, 0.05) is 29.8 Å². The number of nitrogens with one attached hydrogen (secondary N) is 1. The highest BCUT2D eigenvalue weighted by Gasteiger charge is 2.53. The van der Waals surface area contributed by atoms with Crippen LogP contribution in [0.5, 0.6) is 17.2 Å². The van der Waals surface area contributed by atoms with Gasteiger partial charge in [-0.05, 0) is 79.4 Å². The number of methoxy groups -OCH3 is 1. The molecule has 3 N–H and O–H groups in total. The molecule has 0 heterocycles. The second-order valence-electron chi connectivity index (χ2n) is 9.97. The average molecular weight is 408 g/mol. The Kier molecular flexibility index (Phi) is 4.93. The first-order chi connectivity index (χ1) is 14.5. The van der Waals surface area contributed by atoms with Crippen molar-refractivity contribution >= 4 is 0 Å². The molecule has 0 unspecified atom stereocenters. The van der Waals surface area contributed by atoms with E-state index in [-0.39, 0.29) is 0 Å². The van der Waals surface area contributed by atoms with Gasteiger partial charge in [-0.2, -0.15) is 0 Å². The lowest BCUT2D eigenvalue weighted by Gasteiger charge is -2.49. The molecule has 0 amide bonds. The van der Waals surface area contributed by atoms with Gasteiger partial charge in [-0.25, -0.2) is 0 Å². The summed E-state index contributed by atoms with van der Waals surface area (Å²) in [6.07, 6.45) is 7.02. The molecule has 30 heavy (non-hydrogen) atoms. The lowest BCUT2D eigenvalue weighted by Crippen LogP contribution is -2.39. The number of rotatable bonds is 4. The van der Waals surface area contributed by atoms with Crippen molar-refractivity contribution in [2.75, 3.05) is 7.11 Å². The molecule has 0 aromatic heterocycles. The predicted octanol–water partition coefficient (Wildman–Crippen LogP) is 5.12. The molecule has 2 aromatic rings. The van der Waals surface area contributed by atoms with Crippen molar-refractivity contribution in [1.82, 2.24) is 5.32 Å². The summed E-state index contributed by atoms with van der Waals surface area (Å²) in [5, 5.41) is 24.6. The fourth-order valence-corrected chi connectivity index (χ4v) is 6.92. The SMILES string of the molecule is COc1cc(O)c2c(c1)CC[C@@H]1[C@@H]2CC[C@]2(C)C[C@H](NCc3ccccc3O)C[C@@H]12. The highest BCUT2D eigenvalue weighted by Crippen LogP contribution is 2.62. The second kappa shape index (κ2) is 7.49. The minimum absolute atomic E-state index is 0.372. The number of hydrogen-bond donors (Lipinski definition) is 3. The molecule has 2 saturated carbocycles. The van der Waals surface area contributed by atoms with E-state index in [4.69, 9.17) is 4.74 Å². The molecule has 5 atom stereocenters. The van der Waals surface area contributed by atoms with Gasteiger partial charge in [0.15, 0.2) is 0 Å². The highest BCUT2D eigenvalue weighted by molar-refractivity contribution is 5.50.